The van der Waals surface area contributed by atoms with Crippen LogP contribution in [0.1, 0.15) is 36.1 Å². The molecule has 1 aliphatic rings. The maximum absolute atomic E-state index is 12.5. The average molecular weight is 293 g/mol. The van der Waals surface area contributed by atoms with Crippen LogP contribution in [0.5, 0.6) is 0 Å². The van der Waals surface area contributed by atoms with Crippen LogP contribution in [0.15, 0.2) is 9.42 Å². The Hall–Kier alpha value is -2.45. The fourth-order valence-corrected chi connectivity index (χ4v) is 2.53. The first kappa shape index (κ1) is 13.5. The molecule has 0 spiro atoms. The zero-order valence-corrected chi connectivity index (χ0v) is 11.8. The smallest absolute Gasteiger partial charge is 0.347 e. The second-order valence-corrected chi connectivity index (χ2v) is 4.95. The number of carbonyl (C=O) groups excluding carboxylic acids is 1. The summed E-state index contributed by atoms with van der Waals surface area (Å²) in [6.07, 6.45) is 2.03. The van der Waals surface area contributed by atoms with Crippen LogP contribution in [-0.4, -0.2) is 37.7 Å². The number of carbonyl (C=O) groups is 1. The van der Waals surface area contributed by atoms with E-state index < -0.39 is 12.0 Å². The molecule has 0 radical (unpaired) electrons. The molecule has 21 heavy (non-hydrogen) atoms. The molecule has 0 aromatic carbocycles. The standard InChI is InChI=1S/C12H15N5O4/c1-7-8(15-21-14-7)6-16-12(19)17-9(11(18)20-2)4-3-5-10(17)13-16/h9H,3-6H2,1-2H3. The number of esters is 1. The number of rotatable bonds is 3. The third kappa shape index (κ3) is 2.24. The first-order valence-electron chi connectivity index (χ1n) is 6.66. The summed E-state index contributed by atoms with van der Waals surface area (Å²) >= 11 is 0. The van der Waals surface area contributed by atoms with Gasteiger partial charge < -0.3 is 4.74 Å². The van der Waals surface area contributed by atoms with Crippen LogP contribution in [0.2, 0.25) is 0 Å². The van der Waals surface area contributed by atoms with Gasteiger partial charge in [-0.1, -0.05) is 10.3 Å². The van der Waals surface area contributed by atoms with Crippen molar-refractivity contribution < 1.29 is 14.2 Å². The molecule has 1 aliphatic heterocycles. The van der Waals surface area contributed by atoms with Gasteiger partial charge in [-0.25, -0.2) is 18.9 Å². The largest absolute Gasteiger partial charge is 0.467 e. The quantitative estimate of drug-likeness (QED) is 0.724. The van der Waals surface area contributed by atoms with Crippen molar-refractivity contribution in [1.29, 1.82) is 0 Å². The summed E-state index contributed by atoms with van der Waals surface area (Å²) in [7, 11) is 1.32. The Morgan fingerprint density at radius 2 is 2.29 bits per heavy atom. The van der Waals surface area contributed by atoms with Crippen LogP contribution in [0.25, 0.3) is 0 Å². The average Bonchev–Trinajstić information content (AvgIpc) is 3.03. The molecule has 0 amide bonds. The summed E-state index contributed by atoms with van der Waals surface area (Å²) in [6, 6.07) is -0.600. The normalized spacial score (nSPS) is 17.5. The predicted molar refractivity (Wildman–Crippen MR) is 68.6 cm³/mol. The van der Waals surface area contributed by atoms with Gasteiger partial charge in [0, 0.05) is 6.42 Å². The molecule has 9 heteroatoms. The Labute approximate surface area is 119 Å². The van der Waals surface area contributed by atoms with E-state index in [0.29, 0.717) is 30.1 Å². The number of fused-ring (bicyclic) bond motifs is 1. The fourth-order valence-electron chi connectivity index (χ4n) is 2.53. The molecule has 1 atom stereocenters. The molecule has 9 nitrogen and oxygen atoms in total. The van der Waals surface area contributed by atoms with Gasteiger partial charge in [-0.2, -0.15) is 5.10 Å². The van der Waals surface area contributed by atoms with Crippen LogP contribution in [0.4, 0.5) is 0 Å². The lowest BCUT2D eigenvalue weighted by molar-refractivity contribution is -0.145. The number of ether oxygens (including phenoxy) is 1. The van der Waals surface area contributed by atoms with Gasteiger partial charge in [0.05, 0.1) is 13.7 Å². The molecule has 2 aromatic heterocycles. The van der Waals surface area contributed by atoms with E-state index in [1.165, 1.54) is 16.4 Å². The van der Waals surface area contributed by atoms with Gasteiger partial charge in [0.1, 0.15) is 23.3 Å². The second-order valence-electron chi connectivity index (χ2n) is 4.95. The van der Waals surface area contributed by atoms with E-state index in [9.17, 15) is 9.59 Å². The van der Waals surface area contributed by atoms with Gasteiger partial charge in [-0.15, -0.1) is 0 Å². The first-order chi connectivity index (χ1) is 10.1. The fraction of sp³-hybridized carbons (Fsp3) is 0.583. The second kappa shape index (κ2) is 5.15. The number of hydrogen-bond donors (Lipinski definition) is 0. The van der Waals surface area contributed by atoms with Crippen molar-refractivity contribution in [3.63, 3.8) is 0 Å². The van der Waals surface area contributed by atoms with Gasteiger partial charge in [-0.05, 0) is 19.8 Å². The zero-order chi connectivity index (χ0) is 15.0. The number of nitrogens with zero attached hydrogens (tertiary/aromatic N) is 5. The summed E-state index contributed by atoms with van der Waals surface area (Å²) in [5.74, 6) is 0.174. The molecule has 0 saturated heterocycles. The lowest BCUT2D eigenvalue weighted by atomic mass is 10.1. The topological polar surface area (TPSA) is 105 Å². The van der Waals surface area contributed by atoms with Gasteiger partial charge in [0.15, 0.2) is 0 Å². The van der Waals surface area contributed by atoms with Crippen molar-refractivity contribution >= 4 is 5.97 Å². The van der Waals surface area contributed by atoms with Crippen molar-refractivity contribution in [2.45, 2.75) is 38.8 Å². The predicted octanol–water partition coefficient (Wildman–Crippen LogP) is -0.165. The Kier molecular flexibility index (Phi) is 3.32. The number of hydrogen-bond acceptors (Lipinski definition) is 7. The van der Waals surface area contributed by atoms with Crippen molar-refractivity contribution in [1.82, 2.24) is 24.7 Å². The molecule has 112 valence electrons. The molecule has 1 unspecified atom stereocenters. The van der Waals surface area contributed by atoms with Crippen molar-refractivity contribution in [2.75, 3.05) is 7.11 Å². The molecule has 0 bridgehead atoms. The highest BCUT2D eigenvalue weighted by molar-refractivity contribution is 5.74. The zero-order valence-electron chi connectivity index (χ0n) is 11.8. The molecule has 0 aliphatic carbocycles. The molecule has 2 aromatic rings. The highest BCUT2D eigenvalue weighted by atomic mass is 16.6. The number of aryl methyl sites for hydroxylation is 2. The highest BCUT2D eigenvalue weighted by Crippen LogP contribution is 2.22. The number of aromatic nitrogens is 5. The maximum Gasteiger partial charge on any atom is 0.347 e. The van der Waals surface area contributed by atoms with Crippen LogP contribution in [0.3, 0.4) is 0 Å². The van der Waals surface area contributed by atoms with Crippen molar-refractivity contribution in [3.05, 3.63) is 27.7 Å². The van der Waals surface area contributed by atoms with Gasteiger partial charge in [-0.3, -0.25) is 4.57 Å². The Balaban J connectivity index is 1.99. The molecule has 3 heterocycles. The van der Waals surface area contributed by atoms with Crippen molar-refractivity contribution in [3.8, 4) is 0 Å². The third-order valence-electron chi connectivity index (χ3n) is 3.65. The molecule has 3 rings (SSSR count). The Bertz CT molecular complexity index is 728. The van der Waals surface area contributed by atoms with Gasteiger partial charge >= 0.3 is 11.7 Å². The lowest BCUT2D eigenvalue weighted by Gasteiger charge is -2.20. The summed E-state index contributed by atoms with van der Waals surface area (Å²) in [6.45, 7) is 1.91. The SMILES string of the molecule is COC(=O)C1CCCc2nn(Cc3nonc3C)c(=O)n21. The van der Waals surface area contributed by atoms with Gasteiger partial charge in [0.2, 0.25) is 0 Å². The maximum atomic E-state index is 12.5. The molecular weight excluding hydrogens is 278 g/mol. The van der Waals surface area contributed by atoms with Crippen LogP contribution < -0.4 is 5.69 Å². The van der Waals surface area contributed by atoms with E-state index >= 15 is 0 Å². The highest BCUT2D eigenvalue weighted by Gasteiger charge is 2.31. The Morgan fingerprint density at radius 1 is 1.48 bits per heavy atom. The minimum atomic E-state index is -0.600. The first-order valence-corrected chi connectivity index (χ1v) is 6.66. The lowest BCUT2D eigenvalue weighted by Crippen LogP contribution is -2.35. The molecular formula is C12H15N5O4. The van der Waals surface area contributed by atoms with Crippen LogP contribution in [0, 0.1) is 6.92 Å². The van der Waals surface area contributed by atoms with E-state index in [1.807, 2.05) is 0 Å². The summed E-state index contributed by atoms with van der Waals surface area (Å²) in [4.78, 5) is 24.3. The third-order valence-corrected chi connectivity index (χ3v) is 3.65. The van der Waals surface area contributed by atoms with E-state index in [0.717, 1.165) is 6.42 Å². The monoisotopic (exact) mass is 293 g/mol. The van der Waals surface area contributed by atoms with E-state index in [4.69, 9.17) is 4.74 Å². The Morgan fingerprint density at radius 3 is 2.95 bits per heavy atom. The summed E-state index contributed by atoms with van der Waals surface area (Å²) in [5, 5.41) is 11.7. The molecule has 0 fully saturated rings. The van der Waals surface area contributed by atoms with Crippen LogP contribution >= 0.6 is 0 Å². The van der Waals surface area contributed by atoms with E-state index in [1.54, 1.807) is 6.92 Å². The van der Waals surface area contributed by atoms with Crippen molar-refractivity contribution in [2.24, 2.45) is 0 Å². The van der Waals surface area contributed by atoms with Crippen LogP contribution in [-0.2, 0) is 22.5 Å². The minimum Gasteiger partial charge on any atom is -0.467 e. The van der Waals surface area contributed by atoms with E-state index in [-0.39, 0.29) is 12.2 Å². The summed E-state index contributed by atoms with van der Waals surface area (Å²) < 4.78 is 12.1. The minimum absolute atomic E-state index is 0.169. The molecule has 0 saturated carbocycles. The number of methoxy groups -OCH3 is 1. The molecule has 0 N–H and O–H groups in total. The van der Waals surface area contributed by atoms with Gasteiger partial charge in [0.25, 0.3) is 0 Å². The van der Waals surface area contributed by atoms with E-state index in [2.05, 4.69) is 20.0 Å². The summed E-state index contributed by atoms with van der Waals surface area (Å²) in [5.41, 5.74) is 0.807.